The Hall–Kier alpha value is -0.770. The molecule has 0 N–H and O–H groups in total. The third-order valence-corrected chi connectivity index (χ3v) is 2.73. The summed E-state index contributed by atoms with van der Waals surface area (Å²) in [6.45, 7) is 7.20. The summed E-state index contributed by atoms with van der Waals surface area (Å²) in [4.78, 5) is 0. The molecule has 1 atom stereocenters. The molecule has 0 saturated heterocycles. The highest BCUT2D eigenvalue weighted by Crippen LogP contribution is 2.34. The van der Waals surface area contributed by atoms with E-state index in [1.807, 2.05) is 0 Å². The Balaban J connectivity index is 3.22. The number of halogens is 4. The second-order valence-corrected chi connectivity index (χ2v) is 3.93. The second-order valence-electron chi connectivity index (χ2n) is 3.08. The largest absolute Gasteiger partial charge is 0.416 e. The van der Waals surface area contributed by atoms with Crippen LogP contribution >= 0.6 is 15.9 Å². The van der Waals surface area contributed by atoms with Crippen molar-refractivity contribution in [2.24, 2.45) is 0 Å². The fraction of sp³-hybridized carbons (Fsp3) is 0.182. The smallest absolute Gasteiger partial charge is 0.166 e. The molecule has 0 saturated carbocycles. The molecule has 0 heterocycles. The molecule has 0 fully saturated rings. The van der Waals surface area contributed by atoms with Crippen LogP contribution in [0.5, 0.6) is 0 Å². The van der Waals surface area contributed by atoms with Crippen LogP contribution < -0.4 is 0 Å². The van der Waals surface area contributed by atoms with Gasteiger partial charge >= 0.3 is 6.18 Å². The van der Waals surface area contributed by atoms with E-state index in [0.29, 0.717) is 10.0 Å². The molecule has 4 heteroatoms. The number of hydrogen-bond acceptors (Lipinski definition) is 0. The van der Waals surface area contributed by atoms with Gasteiger partial charge in [-0.1, -0.05) is 22.0 Å². The van der Waals surface area contributed by atoms with E-state index in [9.17, 15) is 13.2 Å². The van der Waals surface area contributed by atoms with Crippen LogP contribution in [0.15, 0.2) is 35.3 Å². The first-order valence-electron chi connectivity index (χ1n) is 4.18. The molecular weight excluding hydrogens is 269 g/mol. The van der Waals surface area contributed by atoms with Gasteiger partial charge in [0.1, 0.15) is 0 Å². The maximum atomic E-state index is 12.4. The van der Waals surface area contributed by atoms with Crippen LogP contribution in [-0.2, 0) is 6.18 Å². The quantitative estimate of drug-likeness (QED) is 0.695. The van der Waals surface area contributed by atoms with E-state index in [0.717, 1.165) is 12.1 Å². The van der Waals surface area contributed by atoms with Crippen molar-refractivity contribution >= 4 is 15.9 Å². The Bertz CT molecular complexity index is 369. The van der Waals surface area contributed by atoms with Gasteiger partial charge in [-0.05, 0) is 30.7 Å². The van der Waals surface area contributed by atoms with E-state index in [-0.39, 0.29) is 5.92 Å². The first kappa shape index (κ1) is 12.3. The Morgan fingerprint density at radius 1 is 1.33 bits per heavy atom. The van der Waals surface area contributed by atoms with Crippen LogP contribution in [0.3, 0.4) is 0 Å². The fourth-order valence-corrected chi connectivity index (χ4v) is 1.67. The lowest BCUT2D eigenvalue weighted by molar-refractivity contribution is -0.137. The topological polar surface area (TPSA) is 0 Å². The Morgan fingerprint density at radius 3 is 2.40 bits per heavy atom. The third-order valence-electron chi connectivity index (χ3n) is 2.01. The SMILES string of the molecule is [CH2]C(C=C)c1cc(C(F)(F)F)ccc1Br. The fourth-order valence-electron chi connectivity index (χ4n) is 1.13. The van der Waals surface area contributed by atoms with Gasteiger partial charge in [0.05, 0.1) is 5.56 Å². The Labute approximate surface area is 94.9 Å². The van der Waals surface area contributed by atoms with E-state index in [4.69, 9.17) is 0 Å². The average Bonchev–Trinajstić information content (AvgIpc) is 2.15. The van der Waals surface area contributed by atoms with E-state index in [1.165, 1.54) is 12.1 Å². The van der Waals surface area contributed by atoms with Gasteiger partial charge in [0.2, 0.25) is 0 Å². The van der Waals surface area contributed by atoms with Gasteiger partial charge in [-0.25, -0.2) is 0 Å². The monoisotopic (exact) mass is 277 g/mol. The molecular formula is C11H9BrF3. The van der Waals surface area contributed by atoms with Crippen LogP contribution in [0.4, 0.5) is 13.2 Å². The molecule has 0 aliphatic heterocycles. The molecule has 0 amide bonds. The zero-order valence-electron chi connectivity index (χ0n) is 7.81. The lowest BCUT2D eigenvalue weighted by Gasteiger charge is -2.13. The van der Waals surface area contributed by atoms with E-state index >= 15 is 0 Å². The van der Waals surface area contributed by atoms with Gasteiger partial charge < -0.3 is 0 Å². The first-order valence-corrected chi connectivity index (χ1v) is 4.98. The summed E-state index contributed by atoms with van der Waals surface area (Å²) in [5, 5.41) is 0. The van der Waals surface area contributed by atoms with Crippen molar-refractivity contribution < 1.29 is 13.2 Å². The molecule has 0 aliphatic rings. The molecule has 81 valence electrons. The summed E-state index contributed by atoms with van der Waals surface area (Å²) in [7, 11) is 0. The van der Waals surface area contributed by atoms with Gasteiger partial charge in [-0.2, -0.15) is 13.2 Å². The number of benzene rings is 1. The highest BCUT2D eigenvalue weighted by molar-refractivity contribution is 9.10. The number of hydrogen-bond donors (Lipinski definition) is 0. The van der Waals surface area contributed by atoms with E-state index < -0.39 is 11.7 Å². The molecule has 0 bridgehead atoms. The zero-order chi connectivity index (χ0) is 11.6. The summed E-state index contributed by atoms with van der Waals surface area (Å²) < 4.78 is 37.8. The van der Waals surface area contributed by atoms with Crippen LogP contribution in [0.2, 0.25) is 0 Å². The number of allylic oxidation sites excluding steroid dienone is 1. The second kappa shape index (κ2) is 4.39. The Kier molecular flexibility index (Phi) is 3.60. The van der Waals surface area contributed by atoms with Gasteiger partial charge in [0.25, 0.3) is 0 Å². The molecule has 15 heavy (non-hydrogen) atoms. The van der Waals surface area contributed by atoms with Gasteiger partial charge in [-0.3, -0.25) is 0 Å². The summed E-state index contributed by atoms with van der Waals surface area (Å²) >= 11 is 3.18. The molecule has 0 spiro atoms. The van der Waals surface area contributed by atoms with Crippen molar-refractivity contribution in [1.82, 2.24) is 0 Å². The average molecular weight is 278 g/mol. The molecule has 1 radical (unpaired) electrons. The maximum absolute atomic E-state index is 12.4. The maximum Gasteiger partial charge on any atom is 0.416 e. The molecule has 1 aromatic carbocycles. The highest BCUT2D eigenvalue weighted by atomic mass is 79.9. The molecule has 0 aromatic heterocycles. The van der Waals surface area contributed by atoms with E-state index in [1.54, 1.807) is 0 Å². The van der Waals surface area contributed by atoms with E-state index in [2.05, 4.69) is 29.4 Å². The molecule has 1 rings (SSSR count). The first-order chi connectivity index (χ1) is 6.86. The number of alkyl halides is 3. The van der Waals surface area contributed by atoms with Crippen LogP contribution in [0.25, 0.3) is 0 Å². The van der Waals surface area contributed by atoms with Crippen LogP contribution in [0, 0.1) is 6.92 Å². The lowest BCUT2D eigenvalue weighted by atomic mass is 9.99. The van der Waals surface area contributed by atoms with Gasteiger partial charge in [0.15, 0.2) is 0 Å². The van der Waals surface area contributed by atoms with Gasteiger partial charge in [-0.15, -0.1) is 6.58 Å². The predicted molar refractivity (Wildman–Crippen MR) is 57.4 cm³/mol. The van der Waals surface area contributed by atoms with Crippen molar-refractivity contribution in [3.05, 3.63) is 53.4 Å². The number of rotatable bonds is 2. The normalized spacial score (nSPS) is 13.7. The lowest BCUT2D eigenvalue weighted by Crippen LogP contribution is -2.06. The summed E-state index contributed by atoms with van der Waals surface area (Å²) in [6.07, 6.45) is -2.82. The van der Waals surface area contributed by atoms with Crippen molar-refractivity contribution in [1.29, 1.82) is 0 Å². The molecule has 0 aliphatic carbocycles. The third kappa shape index (κ3) is 2.84. The highest BCUT2D eigenvalue weighted by Gasteiger charge is 2.31. The zero-order valence-corrected chi connectivity index (χ0v) is 9.40. The Morgan fingerprint density at radius 2 is 1.93 bits per heavy atom. The minimum absolute atomic E-state index is 0.360. The standard InChI is InChI=1S/C11H9BrF3/c1-3-7(2)9-6-8(11(13,14)15)4-5-10(9)12/h3-7H,1-2H2. The van der Waals surface area contributed by atoms with Crippen LogP contribution in [0.1, 0.15) is 17.0 Å². The van der Waals surface area contributed by atoms with Crippen molar-refractivity contribution in [2.75, 3.05) is 0 Å². The summed E-state index contributed by atoms with van der Waals surface area (Å²) in [6, 6.07) is 3.49. The van der Waals surface area contributed by atoms with Crippen molar-refractivity contribution in [2.45, 2.75) is 12.1 Å². The van der Waals surface area contributed by atoms with Crippen molar-refractivity contribution in [3.63, 3.8) is 0 Å². The molecule has 0 nitrogen and oxygen atoms in total. The van der Waals surface area contributed by atoms with Crippen LogP contribution in [-0.4, -0.2) is 0 Å². The molecule has 1 aromatic rings. The minimum atomic E-state index is -4.32. The predicted octanol–water partition coefficient (Wildman–Crippen LogP) is 4.57. The van der Waals surface area contributed by atoms with Crippen molar-refractivity contribution in [3.8, 4) is 0 Å². The van der Waals surface area contributed by atoms with Gasteiger partial charge in [0, 0.05) is 10.4 Å². The summed E-state index contributed by atoms with van der Waals surface area (Å²) in [5.41, 5.74) is -0.184. The minimum Gasteiger partial charge on any atom is -0.166 e. The summed E-state index contributed by atoms with van der Waals surface area (Å²) in [5.74, 6) is -0.360. The molecule has 1 unspecified atom stereocenters.